The molecule has 1 atom stereocenters. The second-order valence-electron chi connectivity index (χ2n) is 4.83. The highest BCUT2D eigenvalue weighted by Gasteiger charge is 2.16. The van der Waals surface area contributed by atoms with Crippen LogP contribution in [0.15, 0.2) is 52.4 Å². The van der Waals surface area contributed by atoms with Crippen molar-refractivity contribution >= 4 is 17.2 Å². The first kappa shape index (κ1) is 15.4. The van der Waals surface area contributed by atoms with E-state index in [1.54, 1.807) is 6.07 Å². The Hall–Kier alpha value is -2.51. The van der Waals surface area contributed by atoms with Gasteiger partial charge >= 0.3 is 0 Å². The number of aliphatic hydroxyl groups is 1. The quantitative estimate of drug-likeness (QED) is 0.753. The zero-order valence-corrected chi connectivity index (χ0v) is 12.7. The summed E-state index contributed by atoms with van der Waals surface area (Å²) in [6.07, 6.45) is -1.00. The van der Waals surface area contributed by atoms with Crippen LogP contribution in [0.3, 0.4) is 0 Å². The minimum atomic E-state index is -1.00. The number of carbonyl (C=O) groups is 1. The molecule has 5 nitrogen and oxygen atoms in total. The Morgan fingerprint density at radius 2 is 2.22 bits per heavy atom. The zero-order valence-electron chi connectivity index (χ0n) is 11.9. The fraction of sp³-hybridized carbons (Fsp3) is 0.125. The third-order valence-electron chi connectivity index (χ3n) is 3.20. The van der Waals surface area contributed by atoms with Crippen molar-refractivity contribution in [3.8, 4) is 10.6 Å². The van der Waals surface area contributed by atoms with E-state index in [1.165, 1.54) is 35.6 Å². The molecule has 0 fully saturated rings. The maximum absolute atomic E-state index is 13.1. The molecule has 23 heavy (non-hydrogen) atoms. The van der Waals surface area contributed by atoms with Crippen LogP contribution in [0.1, 0.15) is 22.2 Å². The van der Waals surface area contributed by atoms with Crippen LogP contribution in [0.4, 0.5) is 4.39 Å². The first-order valence-electron chi connectivity index (χ1n) is 6.86. The molecule has 0 saturated carbocycles. The van der Waals surface area contributed by atoms with Crippen LogP contribution in [0.2, 0.25) is 0 Å². The highest BCUT2D eigenvalue weighted by Crippen LogP contribution is 2.25. The topological polar surface area (TPSA) is 75.4 Å². The standard InChI is InChI=1S/C16H13FN2O3S/c17-11-4-1-3-10(7-11)13(20)9-18-16(21)12-8-14(22-19-12)15-5-2-6-23-15/h1-8,13,20H,9H2,(H,18,21). The normalized spacial score (nSPS) is 12.1. The summed E-state index contributed by atoms with van der Waals surface area (Å²) in [7, 11) is 0. The molecule has 7 heteroatoms. The molecule has 1 aromatic carbocycles. The molecule has 1 unspecified atom stereocenters. The summed E-state index contributed by atoms with van der Waals surface area (Å²) in [4.78, 5) is 12.9. The molecular formula is C16H13FN2O3S. The van der Waals surface area contributed by atoms with Crippen molar-refractivity contribution in [3.05, 3.63) is 64.9 Å². The molecule has 0 aliphatic heterocycles. The van der Waals surface area contributed by atoms with Gasteiger partial charge in [-0.1, -0.05) is 23.4 Å². The van der Waals surface area contributed by atoms with E-state index < -0.39 is 17.8 Å². The van der Waals surface area contributed by atoms with Gasteiger partial charge in [-0.3, -0.25) is 4.79 Å². The van der Waals surface area contributed by atoms with Crippen LogP contribution in [0, 0.1) is 5.82 Å². The molecular weight excluding hydrogens is 319 g/mol. The van der Waals surface area contributed by atoms with Crippen LogP contribution >= 0.6 is 11.3 Å². The van der Waals surface area contributed by atoms with Gasteiger partial charge in [-0.25, -0.2) is 4.39 Å². The number of carbonyl (C=O) groups excluding carboxylic acids is 1. The van der Waals surface area contributed by atoms with Gasteiger partial charge in [0.15, 0.2) is 11.5 Å². The van der Waals surface area contributed by atoms with Gasteiger partial charge < -0.3 is 14.9 Å². The molecule has 0 spiro atoms. The number of hydrogen-bond donors (Lipinski definition) is 2. The van der Waals surface area contributed by atoms with Gasteiger partial charge in [0.1, 0.15) is 5.82 Å². The number of hydrogen-bond acceptors (Lipinski definition) is 5. The van der Waals surface area contributed by atoms with Gasteiger partial charge in [-0.15, -0.1) is 11.3 Å². The lowest BCUT2D eigenvalue weighted by Gasteiger charge is -2.11. The molecule has 2 aromatic heterocycles. The fourth-order valence-corrected chi connectivity index (χ4v) is 2.70. The summed E-state index contributed by atoms with van der Waals surface area (Å²) >= 11 is 1.48. The maximum atomic E-state index is 13.1. The van der Waals surface area contributed by atoms with Crippen molar-refractivity contribution in [2.24, 2.45) is 0 Å². The van der Waals surface area contributed by atoms with Gasteiger partial charge in [0.2, 0.25) is 0 Å². The Labute approximate surface area is 135 Å². The van der Waals surface area contributed by atoms with E-state index in [-0.39, 0.29) is 12.2 Å². The number of amides is 1. The molecule has 0 bridgehead atoms. The number of halogens is 1. The number of rotatable bonds is 5. The van der Waals surface area contributed by atoms with Gasteiger partial charge in [0.05, 0.1) is 11.0 Å². The SMILES string of the molecule is O=C(NCC(O)c1cccc(F)c1)c1cc(-c2cccs2)on1. The van der Waals surface area contributed by atoms with Crippen molar-refractivity contribution < 1.29 is 18.8 Å². The number of benzene rings is 1. The Morgan fingerprint density at radius 3 is 2.96 bits per heavy atom. The van der Waals surface area contributed by atoms with Crippen molar-refractivity contribution in [1.29, 1.82) is 0 Å². The molecule has 0 aliphatic rings. The predicted octanol–water partition coefficient (Wildman–Crippen LogP) is 3.01. The highest BCUT2D eigenvalue weighted by atomic mass is 32.1. The van der Waals surface area contributed by atoms with Crippen molar-refractivity contribution in [3.63, 3.8) is 0 Å². The van der Waals surface area contributed by atoms with E-state index in [4.69, 9.17) is 4.52 Å². The van der Waals surface area contributed by atoms with Gasteiger partial charge in [0, 0.05) is 12.6 Å². The highest BCUT2D eigenvalue weighted by molar-refractivity contribution is 7.13. The van der Waals surface area contributed by atoms with Crippen LogP contribution in [0.5, 0.6) is 0 Å². The van der Waals surface area contributed by atoms with E-state index in [9.17, 15) is 14.3 Å². The molecule has 2 heterocycles. The summed E-state index contributed by atoms with van der Waals surface area (Å²) in [6.45, 7) is -0.0521. The largest absolute Gasteiger partial charge is 0.387 e. The lowest BCUT2D eigenvalue weighted by atomic mass is 10.1. The molecule has 3 rings (SSSR count). The fourth-order valence-electron chi connectivity index (χ4n) is 2.03. The van der Waals surface area contributed by atoms with E-state index in [2.05, 4.69) is 10.5 Å². The zero-order chi connectivity index (χ0) is 16.2. The number of nitrogens with zero attached hydrogens (tertiary/aromatic N) is 1. The van der Waals surface area contributed by atoms with Crippen LogP contribution < -0.4 is 5.32 Å². The Bertz CT molecular complexity index is 801. The van der Waals surface area contributed by atoms with E-state index in [0.29, 0.717) is 11.3 Å². The number of thiophene rings is 1. The van der Waals surface area contributed by atoms with Crippen molar-refractivity contribution in [1.82, 2.24) is 10.5 Å². The van der Waals surface area contributed by atoms with Gasteiger partial charge in [0.25, 0.3) is 5.91 Å². The first-order valence-corrected chi connectivity index (χ1v) is 7.74. The average Bonchev–Trinajstić information content (AvgIpc) is 3.22. The minimum absolute atomic E-state index is 0.0521. The average molecular weight is 332 g/mol. The number of nitrogens with one attached hydrogen (secondary N) is 1. The molecule has 0 radical (unpaired) electrons. The lowest BCUT2D eigenvalue weighted by molar-refractivity contribution is 0.0907. The van der Waals surface area contributed by atoms with Gasteiger partial charge in [-0.05, 0) is 29.1 Å². The smallest absolute Gasteiger partial charge is 0.273 e. The Balaban J connectivity index is 1.61. The van der Waals surface area contributed by atoms with Crippen LogP contribution in [0.25, 0.3) is 10.6 Å². The summed E-state index contributed by atoms with van der Waals surface area (Å²) < 4.78 is 18.2. The maximum Gasteiger partial charge on any atom is 0.273 e. The third-order valence-corrected chi connectivity index (χ3v) is 4.08. The third kappa shape index (κ3) is 3.64. The summed E-state index contributed by atoms with van der Waals surface area (Å²) in [5.74, 6) is -0.396. The Morgan fingerprint density at radius 1 is 1.35 bits per heavy atom. The molecule has 0 aliphatic carbocycles. The monoisotopic (exact) mass is 332 g/mol. The second kappa shape index (κ2) is 6.72. The Kier molecular flexibility index (Phi) is 4.50. The van der Waals surface area contributed by atoms with Gasteiger partial charge in [-0.2, -0.15) is 0 Å². The van der Waals surface area contributed by atoms with Crippen LogP contribution in [-0.4, -0.2) is 22.7 Å². The van der Waals surface area contributed by atoms with E-state index in [0.717, 1.165) is 4.88 Å². The van der Waals surface area contributed by atoms with E-state index >= 15 is 0 Å². The second-order valence-corrected chi connectivity index (χ2v) is 5.78. The lowest BCUT2D eigenvalue weighted by Crippen LogP contribution is -2.28. The first-order chi connectivity index (χ1) is 11.1. The molecule has 3 aromatic rings. The number of aliphatic hydroxyl groups excluding tert-OH is 1. The van der Waals surface area contributed by atoms with Crippen molar-refractivity contribution in [2.75, 3.05) is 6.54 Å². The molecule has 0 saturated heterocycles. The summed E-state index contributed by atoms with van der Waals surface area (Å²) in [6, 6.07) is 10.9. The number of aromatic nitrogens is 1. The molecule has 2 N–H and O–H groups in total. The predicted molar refractivity (Wildman–Crippen MR) is 83.5 cm³/mol. The summed E-state index contributed by atoms with van der Waals surface area (Å²) in [5.41, 5.74) is 0.518. The summed E-state index contributed by atoms with van der Waals surface area (Å²) in [5, 5.41) is 18.1. The van der Waals surface area contributed by atoms with E-state index in [1.807, 2.05) is 17.5 Å². The van der Waals surface area contributed by atoms with Crippen molar-refractivity contribution in [2.45, 2.75) is 6.10 Å². The van der Waals surface area contributed by atoms with Crippen LogP contribution in [-0.2, 0) is 0 Å². The molecule has 118 valence electrons. The minimum Gasteiger partial charge on any atom is -0.387 e. The molecule has 1 amide bonds.